The Balaban J connectivity index is 1.52. The lowest BCUT2D eigenvalue weighted by atomic mass is 10.2. The third kappa shape index (κ3) is 3.92. The molecule has 3 heterocycles. The summed E-state index contributed by atoms with van der Waals surface area (Å²) in [7, 11) is 0. The second-order valence-corrected chi connectivity index (χ2v) is 7.02. The van der Waals surface area contributed by atoms with E-state index in [1.165, 1.54) is 12.4 Å². The molecule has 4 rings (SSSR count). The Morgan fingerprint density at radius 1 is 1.43 bits per heavy atom. The molecular weight excluding hydrogens is 370 g/mol. The van der Waals surface area contributed by atoms with Crippen molar-refractivity contribution in [2.24, 2.45) is 0 Å². The van der Waals surface area contributed by atoms with Crippen LogP contribution in [0.2, 0.25) is 0 Å². The van der Waals surface area contributed by atoms with Crippen molar-refractivity contribution in [2.75, 3.05) is 24.6 Å². The molecule has 28 heavy (non-hydrogen) atoms. The first-order valence-corrected chi connectivity index (χ1v) is 8.94. The van der Waals surface area contributed by atoms with Crippen LogP contribution in [0, 0.1) is 5.41 Å². The van der Waals surface area contributed by atoms with Crippen LogP contribution >= 0.6 is 0 Å². The molecule has 0 bridgehead atoms. The Labute approximate surface area is 159 Å². The average molecular weight is 390 g/mol. The molecule has 1 saturated carbocycles. The molecule has 1 aliphatic heterocycles. The number of alkyl halides is 2. The minimum Gasteiger partial charge on any atom is -0.394 e. The third-order valence-electron chi connectivity index (χ3n) is 4.83. The van der Waals surface area contributed by atoms with Crippen LogP contribution in [0.5, 0.6) is 0 Å². The number of nitrogens with zero attached hydrogens (tertiary/aromatic N) is 4. The van der Waals surface area contributed by atoms with E-state index in [0.29, 0.717) is 30.3 Å². The number of halogens is 2. The largest absolute Gasteiger partial charge is 0.394 e. The van der Waals surface area contributed by atoms with Crippen molar-refractivity contribution in [3.05, 3.63) is 30.5 Å². The second-order valence-electron chi connectivity index (χ2n) is 7.02. The highest BCUT2D eigenvalue weighted by molar-refractivity contribution is 5.97. The molecule has 10 heteroatoms. The fraction of sp³-hybridized carbons (Fsp3) is 0.444. The lowest BCUT2D eigenvalue weighted by Crippen LogP contribution is -2.50. The fourth-order valence-electron chi connectivity index (χ4n) is 3.23. The highest BCUT2D eigenvalue weighted by atomic mass is 19.3. The van der Waals surface area contributed by atoms with Gasteiger partial charge in [0.2, 0.25) is 0 Å². The lowest BCUT2D eigenvalue weighted by Gasteiger charge is -2.38. The number of aliphatic hydroxyl groups is 1. The van der Waals surface area contributed by atoms with E-state index in [-0.39, 0.29) is 18.3 Å². The average Bonchev–Trinajstić information content (AvgIpc) is 3.26. The van der Waals surface area contributed by atoms with E-state index in [0.717, 1.165) is 24.7 Å². The first-order valence-electron chi connectivity index (χ1n) is 8.94. The van der Waals surface area contributed by atoms with Gasteiger partial charge in [-0.3, -0.25) is 5.41 Å². The quantitative estimate of drug-likeness (QED) is 0.650. The number of morpholine rings is 1. The van der Waals surface area contributed by atoms with Crippen LogP contribution in [0.3, 0.4) is 0 Å². The molecule has 148 valence electrons. The minimum absolute atomic E-state index is 0.0416. The molecule has 1 aliphatic carbocycles. The van der Waals surface area contributed by atoms with Crippen molar-refractivity contribution in [1.82, 2.24) is 19.9 Å². The number of anilines is 1. The summed E-state index contributed by atoms with van der Waals surface area (Å²) in [5.74, 6) is 1.08. The SMILES string of the molecule is N=C(/C=C\c1ncc(-c2cc(N3CC(CO)OC4(CC4)C3)ncn2)[nH]1)C(F)F. The van der Waals surface area contributed by atoms with Crippen LogP contribution in [0.4, 0.5) is 14.6 Å². The molecule has 0 radical (unpaired) electrons. The van der Waals surface area contributed by atoms with Crippen LogP contribution in [0.15, 0.2) is 24.7 Å². The van der Waals surface area contributed by atoms with Gasteiger partial charge in [-0.15, -0.1) is 0 Å². The Hall–Kier alpha value is -2.72. The van der Waals surface area contributed by atoms with Crippen molar-refractivity contribution in [2.45, 2.75) is 31.0 Å². The summed E-state index contributed by atoms with van der Waals surface area (Å²) >= 11 is 0. The topological polar surface area (TPSA) is 111 Å². The van der Waals surface area contributed by atoms with Crippen LogP contribution in [-0.2, 0) is 4.74 Å². The van der Waals surface area contributed by atoms with E-state index in [1.807, 2.05) is 6.07 Å². The van der Waals surface area contributed by atoms with E-state index in [2.05, 4.69) is 24.8 Å². The van der Waals surface area contributed by atoms with Crippen molar-refractivity contribution < 1.29 is 18.6 Å². The number of aliphatic hydroxyl groups excluding tert-OH is 1. The maximum atomic E-state index is 12.4. The molecule has 0 aromatic carbocycles. The first-order chi connectivity index (χ1) is 13.5. The summed E-state index contributed by atoms with van der Waals surface area (Å²) in [6.07, 6.45) is 4.22. The number of hydrogen-bond donors (Lipinski definition) is 3. The lowest BCUT2D eigenvalue weighted by molar-refractivity contribution is -0.0660. The molecule has 1 saturated heterocycles. The Kier molecular flexibility index (Phi) is 4.90. The maximum Gasteiger partial charge on any atom is 0.279 e. The molecule has 2 fully saturated rings. The van der Waals surface area contributed by atoms with Gasteiger partial charge in [0.15, 0.2) is 0 Å². The zero-order valence-electron chi connectivity index (χ0n) is 15.0. The number of hydrogen-bond acceptors (Lipinski definition) is 7. The van der Waals surface area contributed by atoms with Gasteiger partial charge in [-0.1, -0.05) is 0 Å². The molecule has 1 unspecified atom stereocenters. The van der Waals surface area contributed by atoms with E-state index in [4.69, 9.17) is 10.1 Å². The maximum absolute atomic E-state index is 12.4. The van der Waals surface area contributed by atoms with Crippen molar-refractivity contribution >= 4 is 17.6 Å². The number of nitrogens with one attached hydrogen (secondary N) is 2. The zero-order chi connectivity index (χ0) is 19.7. The summed E-state index contributed by atoms with van der Waals surface area (Å²) in [5.41, 5.74) is 0.262. The highest BCUT2D eigenvalue weighted by Gasteiger charge is 2.50. The van der Waals surface area contributed by atoms with Gasteiger partial charge in [-0.05, 0) is 25.0 Å². The Morgan fingerprint density at radius 3 is 2.96 bits per heavy atom. The van der Waals surface area contributed by atoms with Gasteiger partial charge < -0.3 is 19.7 Å². The fourth-order valence-corrected chi connectivity index (χ4v) is 3.23. The number of H-pyrrole nitrogens is 1. The Morgan fingerprint density at radius 2 is 2.25 bits per heavy atom. The normalized spacial score (nSPS) is 21.0. The molecule has 2 aliphatic rings. The van der Waals surface area contributed by atoms with Crippen molar-refractivity contribution in [1.29, 1.82) is 5.41 Å². The second kappa shape index (κ2) is 7.36. The molecule has 2 aromatic heterocycles. The number of ether oxygens (including phenoxy) is 1. The standard InChI is InChI=1S/C18H20F2N6O2/c19-17(20)12(21)1-2-15-22-6-14(25-15)13-5-16(24-10-23-13)26-7-11(8-27)28-18(9-26)3-4-18/h1-2,5-6,10-11,17,21,27H,3-4,7-9H2,(H,22,25)/b2-1-,21-12?. The van der Waals surface area contributed by atoms with Crippen molar-refractivity contribution in [3.8, 4) is 11.4 Å². The zero-order valence-corrected chi connectivity index (χ0v) is 15.0. The molecular formula is C18H20F2N6O2. The smallest absolute Gasteiger partial charge is 0.279 e. The van der Waals surface area contributed by atoms with Crippen LogP contribution in [0.1, 0.15) is 18.7 Å². The van der Waals surface area contributed by atoms with E-state index >= 15 is 0 Å². The predicted molar refractivity (Wildman–Crippen MR) is 98.5 cm³/mol. The summed E-state index contributed by atoms with van der Waals surface area (Å²) in [6, 6.07) is 1.82. The summed E-state index contributed by atoms with van der Waals surface area (Å²) in [4.78, 5) is 17.8. The number of rotatable bonds is 6. The summed E-state index contributed by atoms with van der Waals surface area (Å²) in [5, 5.41) is 16.7. The van der Waals surface area contributed by atoms with Crippen LogP contribution < -0.4 is 4.90 Å². The number of aromatic amines is 1. The van der Waals surface area contributed by atoms with Gasteiger partial charge in [-0.25, -0.2) is 23.7 Å². The van der Waals surface area contributed by atoms with Gasteiger partial charge in [0, 0.05) is 19.2 Å². The summed E-state index contributed by atoms with van der Waals surface area (Å²) in [6.45, 7) is 1.22. The number of allylic oxidation sites excluding steroid dienone is 1. The highest BCUT2D eigenvalue weighted by Crippen LogP contribution is 2.44. The monoisotopic (exact) mass is 390 g/mol. The predicted octanol–water partition coefficient (Wildman–Crippen LogP) is 1.89. The van der Waals surface area contributed by atoms with Gasteiger partial charge >= 0.3 is 0 Å². The summed E-state index contributed by atoms with van der Waals surface area (Å²) < 4.78 is 30.7. The molecule has 1 spiro atoms. The number of aromatic nitrogens is 4. The van der Waals surface area contributed by atoms with E-state index < -0.39 is 12.1 Å². The third-order valence-corrected chi connectivity index (χ3v) is 4.83. The molecule has 8 nitrogen and oxygen atoms in total. The minimum atomic E-state index is -2.82. The van der Waals surface area contributed by atoms with E-state index in [1.54, 1.807) is 6.20 Å². The van der Waals surface area contributed by atoms with Gasteiger partial charge in [0.1, 0.15) is 18.0 Å². The van der Waals surface area contributed by atoms with Gasteiger partial charge in [0.05, 0.1) is 41.6 Å². The van der Waals surface area contributed by atoms with Gasteiger partial charge in [0.25, 0.3) is 6.43 Å². The first kappa shape index (κ1) is 18.6. The van der Waals surface area contributed by atoms with Gasteiger partial charge in [-0.2, -0.15) is 0 Å². The molecule has 3 N–H and O–H groups in total. The molecule has 0 amide bonds. The van der Waals surface area contributed by atoms with E-state index in [9.17, 15) is 13.9 Å². The number of imidazole rings is 1. The van der Waals surface area contributed by atoms with Crippen LogP contribution in [-0.4, -0.2) is 68.6 Å². The van der Waals surface area contributed by atoms with Crippen molar-refractivity contribution in [3.63, 3.8) is 0 Å². The Bertz CT molecular complexity index is 896. The molecule has 2 aromatic rings. The molecule has 1 atom stereocenters. The van der Waals surface area contributed by atoms with Crippen LogP contribution in [0.25, 0.3) is 17.5 Å².